The first kappa shape index (κ1) is 19.2. The van der Waals surface area contributed by atoms with E-state index in [-0.39, 0.29) is 19.8 Å². The van der Waals surface area contributed by atoms with Crippen LogP contribution in [-0.4, -0.2) is 56.0 Å². The van der Waals surface area contributed by atoms with Crippen molar-refractivity contribution in [3.8, 4) is 12.1 Å². The van der Waals surface area contributed by atoms with Gasteiger partial charge in [0.25, 0.3) is 0 Å². The maximum absolute atomic E-state index is 10.5. The Morgan fingerprint density at radius 2 is 1.89 bits per heavy atom. The number of halogens is 1. The molecule has 1 N–H and O–H groups in total. The van der Waals surface area contributed by atoms with Crippen LogP contribution in [0.25, 0.3) is 0 Å². The number of carbonyl (C=O) groups is 1. The molecular weight excluding hydrogens is 308 g/mol. The van der Waals surface area contributed by atoms with Gasteiger partial charge >= 0.3 is 5.97 Å². The Morgan fingerprint density at radius 1 is 1.33 bits per heavy atom. The van der Waals surface area contributed by atoms with E-state index in [0.717, 1.165) is 12.4 Å². The molecule has 0 saturated carbocycles. The van der Waals surface area contributed by atoms with E-state index in [1.54, 1.807) is 6.07 Å². The fourth-order valence-electron chi connectivity index (χ4n) is 0.593. The minimum Gasteiger partial charge on any atom is -0.467 e. The van der Waals surface area contributed by atoms with E-state index < -0.39 is 12.1 Å². The normalized spacial score (nSPS) is 10.3. The second kappa shape index (κ2) is 15.8. The summed E-state index contributed by atoms with van der Waals surface area (Å²) in [6.45, 7) is 0.466. The van der Waals surface area contributed by atoms with Crippen LogP contribution in [0.15, 0.2) is 0 Å². The zero-order valence-electron chi connectivity index (χ0n) is 9.97. The van der Waals surface area contributed by atoms with Crippen molar-refractivity contribution in [1.82, 2.24) is 0 Å². The second-order valence-corrected chi connectivity index (χ2v) is 3.40. The third kappa shape index (κ3) is 14.8. The van der Waals surface area contributed by atoms with Gasteiger partial charge < -0.3 is 19.3 Å². The van der Waals surface area contributed by atoms with Gasteiger partial charge in [-0.05, 0) is 0 Å². The summed E-state index contributed by atoms with van der Waals surface area (Å²) in [4.78, 5) is 10.5. The fourth-order valence-corrected chi connectivity index (χ4v) is 0.822. The predicted molar refractivity (Wildman–Crippen MR) is 64.7 cm³/mol. The summed E-state index contributed by atoms with van der Waals surface area (Å²) in [5, 5.41) is 25.5. The molecule has 0 fully saturated rings. The number of nitriles is 2. The van der Waals surface area contributed by atoms with E-state index in [9.17, 15) is 4.79 Å². The van der Waals surface area contributed by atoms with Crippen LogP contribution >= 0.6 is 15.9 Å². The van der Waals surface area contributed by atoms with Crippen LogP contribution in [0.4, 0.5) is 0 Å². The molecule has 0 rings (SSSR count). The molecule has 0 spiro atoms. The van der Waals surface area contributed by atoms with Gasteiger partial charge in [-0.25, -0.2) is 4.79 Å². The Kier molecular flexibility index (Phi) is 16.8. The molecule has 0 aromatic heterocycles. The average molecular weight is 323 g/mol. The molecule has 0 heterocycles. The minimum atomic E-state index is -1.30. The number of rotatable bonds is 7. The lowest BCUT2D eigenvalue weighted by atomic mass is 10.4. The monoisotopic (exact) mass is 322 g/mol. The van der Waals surface area contributed by atoms with Crippen molar-refractivity contribution >= 4 is 21.9 Å². The van der Waals surface area contributed by atoms with Crippen LogP contribution in [0, 0.1) is 22.7 Å². The first-order chi connectivity index (χ1) is 8.63. The first-order valence-electron chi connectivity index (χ1n) is 4.85. The lowest BCUT2D eigenvalue weighted by molar-refractivity contribution is -0.153. The number of hydrogen-bond donors (Lipinski definition) is 1. The van der Waals surface area contributed by atoms with Crippen LogP contribution in [-0.2, 0) is 19.0 Å². The smallest absolute Gasteiger partial charge is 0.337 e. The highest BCUT2D eigenvalue weighted by atomic mass is 79.9. The van der Waals surface area contributed by atoms with Crippen molar-refractivity contribution in [2.24, 2.45) is 0 Å². The van der Waals surface area contributed by atoms with Gasteiger partial charge in [-0.3, -0.25) is 0 Å². The zero-order chi connectivity index (χ0) is 14.2. The molecule has 0 aromatic carbocycles. The van der Waals surface area contributed by atoms with Crippen molar-refractivity contribution in [1.29, 1.82) is 10.5 Å². The van der Waals surface area contributed by atoms with Gasteiger partial charge in [0, 0.05) is 5.33 Å². The standard InChI is InChI=1S/C6H9NO4.C4H6BrNO/c1-10-6(9)5(8)4-11-3-2-7;5-1-3-7-4-2-6/h5,8H,3-4H2,1H3;1,3-4H2. The number of methoxy groups -OCH3 is 1. The predicted octanol–water partition coefficient (Wildman–Crippen LogP) is -0.0180. The van der Waals surface area contributed by atoms with Crippen molar-refractivity contribution in [3.05, 3.63) is 0 Å². The average Bonchev–Trinajstić information content (AvgIpc) is 2.39. The van der Waals surface area contributed by atoms with Crippen LogP contribution in [0.3, 0.4) is 0 Å². The molecule has 8 heteroatoms. The molecule has 1 atom stereocenters. The third-order valence-electron chi connectivity index (χ3n) is 1.30. The van der Waals surface area contributed by atoms with Crippen LogP contribution in [0.2, 0.25) is 0 Å². The van der Waals surface area contributed by atoms with E-state index in [2.05, 4.69) is 25.4 Å². The van der Waals surface area contributed by atoms with E-state index in [4.69, 9.17) is 20.4 Å². The van der Waals surface area contributed by atoms with Crippen LogP contribution in [0.5, 0.6) is 0 Å². The summed E-state index contributed by atoms with van der Waals surface area (Å²) in [5.74, 6) is -0.761. The number of hydrogen-bond acceptors (Lipinski definition) is 7. The highest BCUT2D eigenvalue weighted by Gasteiger charge is 2.14. The second-order valence-electron chi connectivity index (χ2n) is 2.61. The third-order valence-corrected chi connectivity index (χ3v) is 1.63. The molecule has 7 nitrogen and oxygen atoms in total. The number of esters is 1. The van der Waals surface area contributed by atoms with Crippen LogP contribution < -0.4 is 0 Å². The van der Waals surface area contributed by atoms with Gasteiger partial charge in [0.1, 0.15) is 13.2 Å². The van der Waals surface area contributed by atoms with Gasteiger partial charge in [-0.2, -0.15) is 10.5 Å². The van der Waals surface area contributed by atoms with Gasteiger partial charge in [-0.15, -0.1) is 0 Å². The highest BCUT2D eigenvalue weighted by molar-refractivity contribution is 9.09. The molecule has 0 bridgehead atoms. The number of aliphatic hydroxyl groups excluding tert-OH is 1. The first-order valence-corrected chi connectivity index (χ1v) is 5.97. The maximum Gasteiger partial charge on any atom is 0.337 e. The SMILES string of the molecule is COC(=O)C(O)COCC#N.N#CCOCCBr. The summed E-state index contributed by atoms with van der Waals surface area (Å²) < 4.78 is 13.5. The Balaban J connectivity index is 0. The van der Waals surface area contributed by atoms with Gasteiger partial charge in [0.2, 0.25) is 0 Å². The molecule has 0 aliphatic rings. The lowest BCUT2D eigenvalue weighted by Gasteiger charge is -2.05. The largest absolute Gasteiger partial charge is 0.467 e. The van der Waals surface area contributed by atoms with Gasteiger partial charge in [-0.1, -0.05) is 15.9 Å². The summed E-state index contributed by atoms with van der Waals surface area (Å²) in [5.41, 5.74) is 0. The Bertz CT molecular complexity index is 287. The van der Waals surface area contributed by atoms with E-state index in [1.807, 2.05) is 6.07 Å². The molecular formula is C10H15BrN2O5. The maximum atomic E-state index is 10.5. The molecule has 0 aliphatic heterocycles. The molecule has 0 aliphatic carbocycles. The number of ether oxygens (including phenoxy) is 3. The summed E-state index contributed by atoms with van der Waals surface area (Å²) in [6, 6.07) is 3.55. The molecule has 0 radical (unpaired) electrons. The van der Waals surface area contributed by atoms with Crippen molar-refractivity contribution < 1.29 is 24.1 Å². The number of nitrogens with zero attached hydrogens (tertiary/aromatic N) is 2. The zero-order valence-corrected chi connectivity index (χ0v) is 11.6. The number of alkyl halides is 1. The van der Waals surface area contributed by atoms with Crippen molar-refractivity contribution in [3.63, 3.8) is 0 Å². The molecule has 0 amide bonds. The molecule has 0 saturated heterocycles. The van der Waals surface area contributed by atoms with Crippen molar-refractivity contribution in [2.75, 3.05) is 38.9 Å². The molecule has 0 aromatic rings. The Labute approximate surface area is 114 Å². The summed E-state index contributed by atoms with van der Waals surface area (Å²) >= 11 is 3.15. The summed E-state index contributed by atoms with van der Waals surface area (Å²) in [6.07, 6.45) is -1.30. The topological polar surface area (TPSA) is 113 Å². The quantitative estimate of drug-likeness (QED) is 0.398. The van der Waals surface area contributed by atoms with Crippen molar-refractivity contribution in [2.45, 2.75) is 6.10 Å². The van der Waals surface area contributed by atoms with Gasteiger partial charge in [0.05, 0.1) is 32.5 Å². The van der Waals surface area contributed by atoms with Gasteiger partial charge in [0.15, 0.2) is 6.10 Å². The highest BCUT2D eigenvalue weighted by Crippen LogP contribution is 1.87. The Hall–Kier alpha value is -1.19. The fraction of sp³-hybridized carbons (Fsp3) is 0.700. The summed E-state index contributed by atoms with van der Waals surface area (Å²) in [7, 11) is 1.16. The number of aliphatic hydroxyl groups is 1. The molecule has 1 unspecified atom stereocenters. The molecule has 102 valence electrons. The van der Waals surface area contributed by atoms with E-state index in [1.165, 1.54) is 0 Å². The van der Waals surface area contributed by atoms with Crippen LogP contribution in [0.1, 0.15) is 0 Å². The van der Waals surface area contributed by atoms with E-state index in [0.29, 0.717) is 6.61 Å². The Morgan fingerprint density at radius 3 is 2.33 bits per heavy atom. The molecule has 18 heavy (non-hydrogen) atoms. The minimum absolute atomic E-state index is 0.145. The van der Waals surface area contributed by atoms with E-state index >= 15 is 0 Å². The lowest BCUT2D eigenvalue weighted by Crippen LogP contribution is -2.27. The number of carbonyl (C=O) groups excluding carboxylic acids is 1.